The van der Waals surface area contributed by atoms with Crippen molar-refractivity contribution in [1.82, 2.24) is 19.5 Å². The molecule has 27 heavy (non-hydrogen) atoms. The first kappa shape index (κ1) is 17.9. The fourth-order valence-electron chi connectivity index (χ4n) is 2.89. The van der Waals surface area contributed by atoms with Crippen LogP contribution in [0.5, 0.6) is 0 Å². The molecule has 0 aliphatic rings. The average Bonchev–Trinajstić information content (AvgIpc) is 3.15. The predicted octanol–water partition coefficient (Wildman–Crippen LogP) is 3.79. The summed E-state index contributed by atoms with van der Waals surface area (Å²) in [5, 5.41) is 3.14. The minimum atomic E-state index is -0.125. The summed E-state index contributed by atoms with van der Waals surface area (Å²) in [6.07, 6.45) is 1.90. The molecule has 4 rings (SSSR count). The van der Waals surface area contributed by atoms with E-state index in [1.54, 1.807) is 4.57 Å². The van der Waals surface area contributed by atoms with Crippen LogP contribution in [0.15, 0.2) is 50.5 Å². The summed E-state index contributed by atoms with van der Waals surface area (Å²) < 4.78 is 2.37. The van der Waals surface area contributed by atoms with Crippen molar-refractivity contribution in [2.24, 2.45) is 0 Å². The van der Waals surface area contributed by atoms with Crippen LogP contribution in [0.1, 0.15) is 25.6 Å². The van der Waals surface area contributed by atoms with E-state index < -0.39 is 0 Å². The van der Waals surface area contributed by atoms with Crippen molar-refractivity contribution < 1.29 is 0 Å². The molecule has 0 spiro atoms. The van der Waals surface area contributed by atoms with Crippen molar-refractivity contribution in [3.8, 4) is 0 Å². The van der Waals surface area contributed by atoms with Crippen LogP contribution >= 0.6 is 23.1 Å². The summed E-state index contributed by atoms with van der Waals surface area (Å²) in [5.74, 6) is 1.03. The molecule has 0 unspecified atom stereocenters. The van der Waals surface area contributed by atoms with Crippen molar-refractivity contribution in [3.63, 3.8) is 0 Å². The molecule has 0 radical (unpaired) electrons. The van der Waals surface area contributed by atoms with Crippen molar-refractivity contribution in [1.29, 1.82) is 0 Å². The number of thiophene rings is 1. The van der Waals surface area contributed by atoms with Gasteiger partial charge < -0.3 is 4.98 Å². The molecule has 1 aromatic carbocycles. The number of nitrogens with zero attached hydrogens (tertiary/aromatic N) is 3. The Labute approximate surface area is 163 Å². The van der Waals surface area contributed by atoms with E-state index in [9.17, 15) is 9.59 Å². The normalized spacial score (nSPS) is 11.4. The Hall–Kier alpha value is -2.45. The van der Waals surface area contributed by atoms with E-state index in [0.29, 0.717) is 44.4 Å². The molecule has 0 saturated carbocycles. The fourth-order valence-corrected chi connectivity index (χ4v) is 4.52. The molecule has 0 bridgehead atoms. The van der Waals surface area contributed by atoms with Crippen LogP contribution in [0.25, 0.3) is 21.1 Å². The molecule has 3 aromatic heterocycles. The second-order valence-electron chi connectivity index (χ2n) is 6.16. The number of thioether (sulfide) groups is 1. The number of hydrogen-bond donors (Lipinski definition) is 1. The van der Waals surface area contributed by atoms with Crippen LogP contribution in [0.4, 0.5) is 0 Å². The summed E-state index contributed by atoms with van der Waals surface area (Å²) in [5.41, 5.74) is 1.24. The summed E-state index contributed by atoms with van der Waals surface area (Å²) in [6.45, 7) is 2.72. The maximum absolute atomic E-state index is 12.9. The van der Waals surface area contributed by atoms with Gasteiger partial charge in [-0.3, -0.25) is 14.2 Å². The zero-order chi connectivity index (χ0) is 18.8. The van der Waals surface area contributed by atoms with Gasteiger partial charge in [0.05, 0.1) is 22.2 Å². The molecule has 8 heteroatoms. The van der Waals surface area contributed by atoms with Gasteiger partial charge in [0.25, 0.3) is 11.1 Å². The first-order chi connectivity index (χ1) is 13.2. The topological polar surface area (TPSA) is 80.6 Å². The summed E-state index contributed by atoms with van der Waals surface area (Å²) in [7, 11) is 0. The molecular weight excluding hydrogens is 380 g/mol. The summed E-state index contributed by atoms with van der Waals surface area (Å²) in [6, 6.07) is 9.23. The lowest BCUT2D eigenvalue weighted by Gasteiger charge is -2.12. The molecule has 0 aliphatic heterocycles. The molecular formula is C19H18N4O2S2. The highest BCUT2D eigenvalue weighted by atomic mass is 32.2. The number of benzene rings is 1. The van der Waals surface area contributed by atoms with Crippen LogP contribution in [-0.2, 0) is 12.3 Å². The number of nitrogens with one attached hydrogen (secondary N) is 1. The number of unbranched alkanes of at least 4 members (excludes halogenated alkanes) is 1. The molecule has 0 aliphatic carbocycles. The van der Waals surface area contributed by atoms with Gasteiger partial charge in [0, 0.05) is 6.54 Å². The second-order valence-corrected chi connectivity index (χ2v) is 8.02. The largest absolute Gasteiger partial charge is 0.309 e. The number of aromatic amines is 1. The molecule has 4 aromatic rings. The maximum Gasteiger partial charge on any atom is 0.268 e. The zero-order valence-corrected chi connectivity index (χ0v) is 16.4. The number of rotatable bonds is 6. The average molecular weight is 399 g/mol. The Balaban J connectivity index is 1.71. The Morgan fingerprint density at radius 2 is 2.00 bits per heavy atom. The highest BCUT2D eigenvalue weighted by Gasteiger charge is 2.12. The first-order valence-electron chi connectivity index (χ1n) is 8.76. The third-order valence-corrected chi connectivity index (χ3v) is 6.15. The second kappa shape index (κ2) is 7.66. The standard InChI is InChI=1S/C19H18N4O2S2/c1-2-3-9-23-18(25)12-6-4-5-7-13(12)21-19(23)27-11-15-20-14-8-10-26-16(14)17(24)22-15/h4-8,10H,2-3,9,11H2,1H3,(H,20,22,24). The van der Waals surface area contributed by atoms with Crippen molar-refractivity contribution in [2.75, 3.05) is 0 Å². The van der Waals surface area contributed by atoms with Gasteiger partial charge in [-0.25, -0.2) is 9.97 Å². The lowest BCUT2D eigenvalue weighted by molar-refractivity contribution is 0.557. The van der Waals surface area contributed by atoms with Gasteiger partial charge in [-0.05, 0) is 30.0 Å². The maximum atomic E-state index is 12.9. The van der Waals surface area contributed by atoms with Gasteiger partial charge in [0.15, 0.2) is 5.16 Å². The molecule has 0 fully saturated rings. The van der Waals surface area contributed by atoms with Gasteiger partial charge >= 0.3 is 0 Å². The van der Waals surface area contributed by atoms with E-state index >= 15 is 0 Å². The van der Waals surface area contributed by atoms with Gasteiger partial charge in [0.1, 0.15) is 10.5 Å². The molecule has 0 amide bonds. The minimum Gasteiger partial charge on any atom is -0.309 e. The summed E-state index contributed by atoms with van der Waals surface area (Å²) in [4.78, 5) is 37.1. The van der Waals surface area contributed by atoms with Gasteiger partial charge in [0.2, 0.25) is 0 Å². The van der Waals surface area contributed by atoms with Crippen LogP contribution in [0.2, 0.25) is 0 Å². The Morgan fingerprint density at radius 3 is 2.85 bits per heavy atom. The highest BCUT2D eigenvalue weighted by molar-refractivity contribution is 7.98. The van der Waals surface area contributed by atoms with E-state index in [1.807, 2.05) is 35.7 Å². The smallest absolute Gasteiger partial charge is 0.268 e. The molecule has 1 N–H and O–H groups in total. The molecule has 3 heterocycles. The monoisotopic (exact) mass is 398 g/mol. The number of hydrogen-bond acceptors (Lipinski definition) is 6. The molecule has 138 valence electrons. The first-order valence-corrected chi connectivity index (χ1v) is 10.6. The van der Waals surface area contributed by atoms with Gasteiger partial charge in [-0.2, -0.15) is 0 Å². The van der Waals surface area contributed by atoms with E-state index in [0.717, 1.165) is 12.8 Å². The minimum absolute atomic E-state index is 0.0220. The number of para-hydroxylation sites is 1. The van der Waals surface area contributed by atoms with E-state index in [1.165, 1.54) is 23.1 Å². The third-order valence-electron chi connectivity index (χ3n) is 4.26. The Kier molecular flexibility index (Phi) is 5.09. The number of fused-ring (bicyclic) bond motifs is 2. The van der Waals surface area contributed by atoms with E-state index in [4.69, 9.17) is 0 Å². The lowest BCUT2D eigenvalue weighted by Crippen LogP contribution is -2.23. The third kappa shape index (κ3) is 3.54. The Morgan fingerprint density at radius 1 is 1.15 bits per heavy atom. The SMILES string of the molecule is CCCCn1c(SCc2nc3ccsc3c(=O)[nH]2)nc2ccccc2c1=O. The molecule has 0 atom stereocenters. The lowest BCUT2D eigenvalue weighted by atomic mass is 10.2. The van der Waals surface area contributed by atoms with Gasteiger partial charge in [-0.15, -0.1) is 11.3 Å². The van der Waals surface area contributed by atoms with E-state index in [-0.39, 0.29) is 11.1 Å². The van der Waals surface area contributed by atoms with Crippen molar-refractivity contribution in [2.45, 2.75) is 37.2 Å². The summed E-state index contributed by atoms with van der Waals surface area (Å²) >= 11 is 2.80. The van der Waals surface area contributed by atoms with E-state index in [2.05, 4.69) is 21.9 Å². The number of aromatic nitrogens is 4. The van der Waals surface area contributed by atoms with Crippen molar-refractivity contribution in [3.05, 3.63) is 62.2 Å². The Bertz CT molecular complexity index is 1230. The number of H-pyrrole nitrogens is 1. The van der Waals surface area contributed by atoms with Crippen LogP contribution in [0.3, 0.4) is 0 Å². The highest BCUT2D eigenvalue weighted by Crippen LogP contribution is 2.22. The zero-order valence-electron chi connectivity index (χ0n) is 14.8. The van der Waals surface area contributed by atoms with Crippen LogP contribution in [-0.4, -0.2) is 19.5 Å². The molecule has 6 nitrogen and oxygen atoms in total. The molecule has 0 saturated heterocycles. The van der Waals surface area contributed by atoms with Crippen molar-refractivity contribution >= 4 is 44.2 Å². The van der Waals surface area contributed by atoms with Crippen LogP contribution in [0, 0.1) is 0 Å². The van der Waals surface area contributed by atoms with Gasteiger partial charge in [-0.1, -0.05) is 37.2 Å². The fraction of sp³-hybridized carbons (Fsp3) is 0.263. The predicted molar refractivity (Wildman–Crippen MR) is 111 cm³/mol. The quantitative estimate of drug-likeness (QED) is 0.395. The van der Waals surface area contributed by atoms with Crippen LogP contribution < -0.4 is 11.1 Å².